The number of pyridine rings is 2. The van der Waals surface area contributed by atoms with E-state index in [4.69, 9.17) is 14.5 Å². The van der Waals surface area contributed by atoms with E-state index in [-0.39, 0.29) is 18.4 Å². The Kier molecular flexibility index (Phi) is 9.81. The Balaban J connectivity index is 1.13. The molecule has 0 amide bonds. The second-order valence-corrected chi connectivity index (χ2v) is 12.0. The molecule has 6 aromatic rings. The number of nitrogens with zero attached hydrogens (tertiary/aromatic N) is 2. The molecule has 2 aromatic heterocycles. The second-order valence-electron chi connectivity index (χ2n) is 12.0. The van der Waals surface area contributed by atoms with Crippen LogP contribution in [0.25, 0.3) is 32.9 Å². The quantitative estimate of drug-likeness (QED) is 0.133. The molecule has 0 aliphatic rings. The molecule has 0 spiro atoms. The van der Waals surface area contributed by atoms with Crippen LogP contribution in [0.1, 0.15) is 43.2 Å². The van der Waals surface area contributed by atoms with Crippen LogP contribution in [0.2, 0.25) is 0 Å². The smallest absolute Gasteiger partial charge is 0.124 e. The number of para-hydroxylation sites is 3. The molecule has 0 aliphatic heterocycles. The summed E-state index contributed by atoms with van der Waals surface area (Å²) in [5.41, 5.74) is 7.69. The molecule has 0 saturated heterocycles. The molecule has 0 bridgehead atoms. The zero-order chi connectivity index (χ0) is 32.8. The summed E-state index contributed by atoms with van der Waals surface area (Å²) in [6.07, 6.45) is 3.53. The number of ether oxygens (including phenoxy) is 2. The van der Waals surface area contributed by atoms with Crippen LogP contribution >= 0.6 is 0 Å². The normalized spacial score (nSPS) is 13.2. The summed E-state index contributed by atoms with van der Waals surface area (Å²) in [6.45, 7) is 5.09. The monoisotopic (exact) mass is 628 g/mol. The van der Waals surface area contributed by atoms with Crippen molar-refractivity contribution in [1.29, 1.82) is 0 Å². The Hall–Kier alpha value is -5.17. The van der Waals surface area contributed by atoms with Crippen LogP contribution in [0.5, 0.6) is 11.5 Å². The SMILES string of the molecule is COc1cc(-c2cnc3c(NCC(F)C(C)c4ccccc4OC)cccc3c2)ccc1C(C)CCNc1cccc2cccnc12. The lowest BCUT2D eigenvalue weighted by Gasteiger charge is -2.20. The van der Waals surface area contributed by atoms with Gasteiger partial charge in [-0.15, -0.1) is 0 Å². The number of anilines is 2. The van der Waals surface area contributed by atoms with Gasteiger partial charge in [0.2, 0.25) is 0 Å². The van der Waals surface area contributed by atoms with Gasteiger partial charge in [-0.25, -0.2) is 4.39 Å². The summed E-state index contributed by atoms with van der Waals surface area (Å²) in [5, 5.41) is 8.98. The van der Waals surface area contributed by atoms with Gasteiger partial charge in [-0.2, -0.15) is 0 Å². The van der Waals surface area contributed by atoms with Gasteiger partial charge in [-0.05, 0) is 65.4 Å². The first kappa shape index (κ1) is 31.8. The van der Waals surface area contributed by atoms with Crippen molar-refractivity contribution in [2.24, 2.45) is 0 Å². The number of methoxy groups -OCH3 is 2. The van der Waals surface area contributed by atoms with Crippen molar-refractivity contribution in [1.82, 2.24) is 9.97 Å². The molecule has 7 heteroatoms. The molecule has 47 heavy (non-hydrogen) atoms. The van der Waals surface area contributed by atoms with Gasteiger partial charge in [0.25, 0.3) is 0 Å². The van der Waals surface area contributed by atoms with E-state index in [1.165, 1.54) is 0 Å². The Bertz CT molecular complexity index is 1980. The summed E-state index contributed by atoms with van der Waals surface area (Å²) in [6, 6.07) is 32.3. The van der Waals surface area contributed by atoms with E-state index in [1.54, 1.807) is 14.2 Å². The highest BCUT2D eigenvalue weighted by Crippen LogP contribution is 2.35. The predicted molar refractivity (Wildman–Crippen MR) is 192 cm³/mol. The maximum absolute atomic E-state index is 15.4. The summed E-state index contributed by atoms with van der Waals surface area (Å²) in [4.78, 5) is 9.37. The van der Waals surface area contributed by atoms with Crippen molar-refractivity contribution in [3.63, 3.8) is 0 Å². The van der Waals surface area contributed by atoms with Gasteiger partial charge in [-0.3, -0.25) is 9.97 Å². The van der Waals surface area contributed by atoms with Crippen molar-refractivity contribution in [3.05, 3.63) is 121 Å². The van der Waals surface area contributed by atoms with E-state index in [1.807, 2.05) is 67.8 Å². The van der Waals surface area contributed by atoms with Gasteiger partial charge in [0.15, 0.2) is 0 Å². The predicted octanol–water partition coefficient (Wildman–Crippen LogP) is 9.63. The summed E-state index contributed by atoms with van der Waals surface area (Å²) in [5.74, 6) is 1.51. The van der Waals surface area contributed by atoms with E-state index >= 15 is 4.39 Å². The van der Waals surface area contributed by atoms with Crippen LogP contribution in [0.15, 0.2) is 109 Å². The third-order valence-corrected chi connectivity index (χ3v) is 8.99. The maximum Gasteiger partial charge on any atom is 0.124 e. The molecule has 6 nitrogen and oxygen atoms in total. The van der Waals surface area contributed by atoms with E-state index < -0.39 is 6.17 Å². The number of rotatable bonds is 13. The van der Waals surface area contributed by atoms with E-state index in [2.05, 4.69) is 71.1 Å². The van der Waals surface area contributed by atoms with Crippen LogP contribution in [0, 0.1) is 0 Å². The maximum atomic E-state index is 15.4. The van der Waals surface area contributed by atoms with E-state index in [9.17, 15) is 0 Å². The molecule has 3 atom stereocenters. The minimum Gasteiger partial charge on any atom is -0.496 e. The number of hydrogen-bond donors (Lipinski definition) is 2. The molecule has 240 valence electrons. The number of fused-ring (bicyclic) bond motifs is 2. The number of halogens is 1. The van der Waals surface area contributed by atoms with E-state index in [0.29, 0.717) is 5.75 Å². The Morgan fingerprint density at radius 2 is 1.40 bits per heavy atom. The fourth-order valence-corrected chi connectivity index (χ4v) is 6.21. The van der Waals surface area contributed by atoms with Crippen LogP contribution in [0.3, 0.4) is 0 Å². The minimum absolute atomic E-state index is 0.160. The fourth-order valence-electron chi connectivity index (χ4n) is 6.21. The number of nitrogens with one attached hydrogen (secondary N) is 2. The summed E-state index contributed by atoms with van der Waals surface area (Å²) < 4.78 is 26.7. The van der Waals surface area contributed by atoms with Gasteiger partial charge in [-0.1, -0.05) is 74.5 Å². The van der Waals surface area contributed by atoms with Gasteiger partial charge >= 0.3 is 0 Å². The van der Waals surface area contributed by atoms with Crippen molar-refractivity contribution in [3.8, 4) is 22.6 Å². The lowest BCUT2D eigenvalue weighted by Crippen LogP contribution is -2.22. The third-order valence-electron chi connectivity index (χ3n) is 8.99. The van der Waals surface area contributed by atoms with Crippen molar-refractivity contribution < 1.29 is 13.9 Å². The average Bonchev–Trinajstić information content (AvgIpc) is 3.12. The highest BCUT2D eigenvalue weighted by molar-refractivity contribution is 5.93. The molecule has 4 aromatic carbocycles. The molecular weight excluding hydrogens is 587 g/mol. The standard InChI is InChI=1S/C40H41FN4O2/c1-26(19-21-42-35-14-7-10-28-12-9-20-43-39(28)35)32-18-17-29(23-38(32)47-4)31-22-30-11-8-15-36(40(30)45-24-31)44-25-34(41)27(2)33-13-5-6-16-37(33)46-3/h5-18,20,22-24,26-27,34,42,44H,19,21,25H2,1-4H3. The number of aromatic nitrogens is 2. The van der Waals surface area contributed by atoms with Gasteiger partial charge in [0, 0.05) is 47.7 Å². The highest BCUT2D eigenvalue weighted by Gasteiger charge is 2.21. The first-order chi connectivity index (χ1) is 23.0. The highest BCUT2D eigenvalue weighted by atomic mass is 19.1. The summed E-state index contributed by atoms with van der Waals surface area (Å²) in [7, 11) is 3.34. The molecule has 0 aliphatic carbocycles. The molecule has 2 heterocycles. The zero-order valence-corrected chi connectivity index (χ0v) is 27.3. The van der Waals surface area contributed by atoms with Crippen LogP contribution in [-0.2, 0) is 0 Å². The van der Waals surface area contributed by atoms with Crippen LogP contribution in [0.4, 0.5) is 15.8 Å². The van der Waals surface area contributed by atoms with E-state index in [0.717, 1.165) is 74.1 Å². The minimum atomic E-state index is -1.11. The fraction of sp³-hybridized carbons (Fsp3) is 0.250. The number of alkyl halides is 1. The first-order valence-corrected chi connectivity index (χ1v) is 16.1. The first-order valence-electron chi connectivity index (χ1n) is 16.1. The number of benzene rings is 4. The molecule has 0 radical (unpaired) electrons. The molecular formula is C40H41FN4O2. The third kappa shape index (κ3) is 6.99. The lowest BCUT2D eigenvalue weighted by molar-refractivity contribution is 0.299. The molecule has 0 fully saturated rings. The van der Waals surface area contributed by atoms with Gasteiger partial charge in [0.05, 0.1) is 36.6 Å². The molecule has 2 N–H and O–H groups in total. The lowest BCUT2D eigenvalue weighted by atomic mass is 9.94. The Morgan fingerprint density at radius 1 is 0.681 bits per heavy atom. The molecule has 0 saturated carbocycles. The Labute approximate surface area is 276 Å². The zero-order valence-electron chi connectivity index (χ0n) is 27.3. The van der Waals surface area contributed by atoms with Crippen molar-refractivity contribution in [2.75, 3.05) is 37.9 Å². The largest absolute Gasteiger partial charge is 0.496 e. The van der Waals surface area contributed by atoms with Crippen molar-refractivity contribution >= 4 is 33.2 Å². The second kappa shape index (κ2) is 14.5. The average molecular weight is 629 g/mol. The van der Waals surface area contributed by atoms with Crippen LogP contribution in [-0.4, -0.2) is 43.4 Å². The Morgan fingerprint density at radius 3 is 2.21 bits per heavy atom. The molecule has 3 unspecified atom stereocenters. The van der Waals surface area contributed by atoms with Crippen molar-refractivity contribution in [2.45, 2.75) is 38.3 Å². The molecule has 6 rings (SSSR count). The van der Waals surface area contributed by atoms with Crippen LogP contribution < -0.4 is 20.1 Å². The van der Waals surface area contributed by atoms with Gasteiger partial charge < -0.3 is 20.1 Å². The topological polar surface area (TPSA) is 68.3 Å². The van der Waals surface area contributed by atoms with Gasteiger partial charge in [0.1, 0.15) is 17.7 Å². The summed E-state index contributed by atoms with van der Waals surface area (Å²) >= 11 is 0. The number of hydrogen-bond acceptors (Lipinski definition) is 6.